The van der Waals surface area contributed by atoms with Gasteiger partial charge < -0.3 is 36.5 Å². The molecule has 4 atom stereocenters. The summed E-state index contributed by atoms with van der Waals surface area (Å²) in [7, 11) is 0. The second-order valence-corrected chi connectivity index (χ2v) is 8.30. The number of imidazole rings is 1. The first-order valence-electron chi connectivity index (χ1n) is 10.6. The van der Waals surface area contributed by atoms with E-state index in [9.17, 15) is 29.1 Å². The number of hydrogen-bond acceptors (Lipinski definition) is 7. The maximum Gasteiger partial charge on any atom is 0.326 e. The van der Waals surface area contributed by atoms with Gasteiger partial charge in [-0.2, -0.15) is 0 Å². The lowest BCUT2D eigenvalue weighted by atomic mass is 10.0. The van der Waals surface area contributed by atoms with Crippen molar-refractivity contribution < 1.29 is 34.2 Å². The predicted molar refractivity (Wildman–Crippen MR) is 114 cm³/mol. The van der Waals surface area contributed by atoms with E-state index in [1.807, 2.05) is 0 Å². The van der Waals surface area contributed by atoms with Gasteiger partial charge in [0.2, 0.25) is 17.7 Å². The van der Waals surface area contributed by atoms with Crippen molar-refractivity contribution in [3.63, 3.8) is 0 Å². The number of aliphatic carboxylic acids is 2. The van der Waals surface area contributed by atoms with Gasteiger partial charge in [-0.3, -0.25) is 19.2 Å². The second kappa shape index (κ2) is 11.4. The van der Waals surface area contributed by atoms with Crippen LogP contribution in [0.3, 0.4) is 0 Å². The number of carboxylic acid groups (broad SMARTS) is 2. The fraction of sp³-hybridized carbons (Fsp3) is 0.600. The zero-order chi connectivity index (χ0) is 24.7. The van der Waals surface area contributed by atoms with Crippen LogP contribution < -0.4 is 16.4 Å². The maximum absolute atomic E-state index is 13.4. The van der Waals surface area contributed by atoms with Crippen LogP contribution in [0.2, 0.25) is 0 Å². The van der Waals surface area contributed by atoms with E-state index in [1.54, 1.807) is 13.8 Å². The number of rotatable bonds is 11. The van der Waals surface area contributed by atoms with Gasteiger partial charge >= 0.3 is 11.9 Å². The Labute approximate surface area is 190 Å². The van der Waals surface area contributed by atoms with Gasteiger partial charge in [-0.05, 0) is 18.8 Å². The molecule has 1 aliphatic heterocycles. The number of H-pyrrole nitrogens is 1. The van der Waals surface area contributed by atoms with Crippen LogP contribution in [-0.2, 0) is 30.4 Å². The fourth-order valence-corrected chi connectivity index (χ4v) is 3.53. The van der Waals surface area contributed by atoms with Crippen molar-refractivity contribution in [1.82, 2.24) is 25.5 Å². The summed E-state index contributed by atoms with van der Waals surface area (Å²) in [4.78, 5) is 68.9. The number of aromatic nitrogens is 2. The summed E-state index contributed by atoms with van der Waals surface area (Å²) in [5.74, 6) is -4.85. The fourth-order valence-electron chi connectivity index (χ4n) is 3.53. The molecule has 0 aliphatic carbocycles. The zero-order valence-corrected chi connectivity index (χ0v) is 18.5. The number of carbonyl (C=O) groups excluding carboxylic acids is 3. The van der Waals surface area contributed by atoms with Crippen LogP contribution in [0.15, 0.2) is 12.5 Å². The van der Waals surface area contributed by atoms with Gasteiger partial charge in [0, 0.05) is 24.9 Å². The molecular weight excluding hydrogens is 436 g/mol. The lowest BCUT2D eigenvalue weighted by molar-refractivity contribution is -0.148. The number of likely N-dealkylation sites (tertiary alicyclic amines) is 1. The molecule has 1 aromatic heterocycles. The van der Waals surface area contributed by atoms with Crippen molar-refractivity contribution in [2.45, 2.75) is 63.7 Å². The lowest BCUT2D eigenvalue weighted by Crippen LogP contribution is -2.58. The number of nitrogens with zero attached hydrogens (tertiary/aromatic N) is 2. The van der Waals surface area contributed by atoms with E-state index in [-0.39, 0.29) is 25.3 Å². The molecule has 4 unspecified atom stereocenters. The van der Waals surface area contributed by atoms with E-state index in [4.69, 9.17) is 10.8 Å². The first-order valence-corrected chi connectivity index (χ1v) is 10.6. The van der Waals surface area contributed by atoms with Gasteiger partial charge in [-0.1, -0.05) is 13.8 Å². The lowest BCUT2D eigenvalue weighted by Gasteiger charge is -2.30. The summed E-state index contributed by atoms with van der Waals surface area (Å²) in [6, 6.07) is -4.50. The SMILES string of the molecule is CC(C)C(N)C(=O)NC(Cc1cnc[nH]1)C(=O)N1CCCC1C(=O)NC(CC(=O)O)C(=O)O. The molecule has 7 N–H and O–H groups in total. The van der Waals surface area contributed by atoms with Crippen molar-refractivity contribution in [3.8, 4) is 0 Å². The molecule has 0 aromatic carbocycles. The Morgan fingerprint density at radius 1 is 1.21 bits per heavy atom. The summed E-state index contributed by atoms with van der Waals surface area (Å²) >= 11 is 0. The summed E-state index contributed by atoms with van der Waals surface area (Å²) in [6.07, 6.45) is 2.97. The van der Waals surface area contributed by atoms with E-state index in [0.29, 0.717) is 12.1 Å². The van der Waals surface area contributed by atoms with E-state index in [1.165, 1.54) is 17.4 Å². The number of hydrogen-bond donors (Lipinski definition) is 6. The van der Waals surface area contributed by atoms with E-state index < -0.39 is 60.2 Å². The molecule has 1 fully saturated rings. The molecular formula is C20H30N6O7. The highest BCUT2D eigenvalue weighted by Gasteiger charge is 2.39. The van der Waals surface area contributed by atoms with Crippen LogP contribution in [0.4, 0.5) is 0 Å². The smallest absolute Gasteiger partial charge is 0.326 e. The molecule has 0 spiro atoms. The number of nitrogens with two attached hydrogens (primary N) is 1. The Bertz CT molecular complexity index is 872. The van der Waals surface area contributed by atoms with Crippen molar-refractivity contribution in [2.75, 3.05) is 6.54 Å². The van der Waals surface area contributed by atoms with Crippen molar-refractivity contribution in [2.24, 2.45) is 11.7 Å². The van der Waals surface area contributed by atoms with E-state index in [2.05, 4.69) is 20.6 Å². The second-order valence-electron chi connectivity index (χ2n) is 8.30. The molecule has 13 heteroatoms. The first kappa shape index (κ1) is 25.8. The number of carbonyl (C=O) groups is 5. The Morgan fingerprint density at radius 3 is 2.45 bits per heavy atom. The topological polar surface area (TPSA) is 208 Å². The zero-order valence-electron chi connectivity index (χ0n) is 18.5. The minimum atomic E-state index is -1.63. The molecule has 2 heterocycles. The van der Waals surface area contributed by atoms with Gasteiger partial charge in [0.05, 0.1) is 18.8 Å². The first-order chi connectivity index (χ1) is 15.5. The molecule has 0 saturated carbocycles. The minimum Gasteiger partial charge on any atom is -0.481 e. The largest absolute Gasteiger partial charge is 0.481 e. The third-order valence-corrected chi connectivity index (χ3v) is 5.45. The standard InChI is InChI=1S/C20H30N6O7/c1-10(2)16(21)18(30)24-12(6-11-8-22-9-23-11)19(31)26-5-3-4-14(26)17(29)25-13(20(32)33)7-15(27)28/h8-10,12-14,16H,3-7,21H2,1-2H3,(H,22,23)(H,24,30)(H,25,29)(H,27,28)(H,32,33). The van der Waals surface area contributed by atoms with E-state index in [0.717, 1.165) is 0 Å². The molecule has 1 saturated heterocycles. The maximum atomic E-state index is 13.4. The van der Waals surface area contributed by atoms with Gasteiger partial charge in [-0.15, -0.1) is 0 Å². The minimum absolute atomic E-state index is 0.0803. The molecule has 13 nitrogen and oxygen atoms in total. The number of carboxylic acids is 2. The highest BCUT2D eigenvalue weighted by molar-refractivity contribution is 5.95. The Morgan fingerprint density at radius 2 is 1.91 bits per heavy atom. The average Bonchev–Trinajstić information content (AvgIpc) is 3.43. The van der Waals surface area contributed by atoms with Crippen molar-refractivity contribution >= 4 is 29.7 Å². The van der Waals surface area contributed by atoms with Crippen LogP contribution in [-0.4, -0.2) is 85.5 Å². The molecule has 0 bridgehead atoms. The van der Waals surface area contributed by atoms with Crippen LogP contribution in [0, 0.1) is 5.92 Å². The summed E-state index contributed by atoms with van der Waals surface area (Å²) < 4.78 is 0. The highest BCUT2D eigenvalue weighted by atomic mass is 16.4. The normalized spacial score (nSPS) is 18.4. The number of nitrogens with one attached hydrogen (secondary N) is 3. The third kappa shape index (κ3) is 7.00. The van der Waals surface area contributed by atoms with Crippen LogP contribution >= 0.6 is 0 Å². The monoisotopic (exact) mass is 466 g/mol. The Balaban J connectivity index is 2.19. The summed E-state index contributed by atoms with van der Waals surface area (Å²) in [5, 5.41) is 22.9. The molecule has 182 valence electrons. The predicted octanol–water partition coefficient (Wildman–Crippen LogP) is -1.54. The molecule has 3 amide bonds. The molecule has 1 aliphatic rings. The van der Waals surface area contributed by atoms with Gasteiger partial charge in [0.25, 0.3) is 0 Å². The van der Waals surface area contributed by atoms with Gasteiger partial charge in [0.1, 0.15) is 18.1 Å². The molecule has 0 radical (unpaired) electrons. The van der Waals surface area contributed by atoms with Crippen LogP contribution in [0.1, 0.15) is 38.8 Å². The average molecular weight is 466 g/mol. The molecule has 1 aromatic rings. The Hall–Kier alpha value is -3.48. The quantitative estimate of drug-likeness (QED) is 0.223. The van der Waals surface area contributed by atoms with Crippen LogP contribution in [0.25, 0.3) is 0 Å². The van der Waals surface area contributed by atoms with Gasteiger partial charge in [-0.25, -0.2) is 9.78 Å². The van der Waals surface area contributed by atoms with Gasteiger partial charge in [0.15, 0.2) is 0 Å². The number of amides is 3. The highest BCUT2D eigenvalue weighted by Crippen LogP contribution is 2.20. The van der Waals surface area contributed by atoms with Crippen molar-refractivity contribution in [3.05, 3.63) is 18.2 Å². The Kier molecular flexibility index (Phi) is 8.91. The molecule has 2 rings (SSSR count). The third-order valence-electron chi connectivity index (χ3n) is 5.45. The summed E-state index contributed by atoms with van der Waals surface area (Å²) in [6.45, 7) is 3.76. The number of aromatic amines is 1. The van der Waals surface area contributed by atoms with E-state index >= 15 is 0 Å². The van der Waals surface area contributed by atoms with Crippen molar-refractivity contribution in [1.29, 1.82) is 0 Å². The van der Waals surface area contributed by atoms with Crippen LogP contribution in [0.5, 0.6) is 0 Å². The molecule has 33 heavy (non-hydrogen) atoms. The summed E-state index contributed by atoms with van der Waals surface area (Å²) in [5.41, 5.74) is 6.49.